The van der Waals surface area contributed by atoms with Gasteiger partial charge in [0.25, 0.3) is 0 Å². The maximum atomic E-state index is 4.89. The third-order valence-electron chi connectivity index (χ3n) is 4.85. The highest BCUT2D eigenvalue weighted by molar-refractivity contribution is 5.28. The highest BCUT2D eigenvalue weighted by Crippen LogP contribution is 2.37. The molecule has 2 fully saturated rings. The Kier molecular flexibility index (Phi) is 2.29. The summed E-state index contributed by atoms with van der Waals surface area (Å²) in [7, 11) is 0. The normalized spacial score (nSPS) is 32.7. The van der Waals surface area contributed by atoms with Crippen molar-refractivity contribution in [1.29, 1.82) is 0 Å². The van der Waals surface area contributed by atoms with Gasteiger partial charge in [0.2, 0.25) is 0 Å². The Hall–Kier alpha value is -0.830. The molecule has 4 rings (SSSR count). The van der Waals surface area contributed by atoms with E-state index in [1.807, 2.05) is 0 Å². The maximum absolute atomic E-state index is 4.89. The van der Waals surface area contributed by atoms with Gasteiger partial charge < -0.3 is 5.32 Å². The van der Waals surface area contributed by atoms with E-state index in [4.69, 9.17) is 5.10 Å². The molecule has 0 unspecified atom stereocenters. The van der Waals surface area contributed by atoms with Crippen LogP contribution in [0.25, 0.3) is 0 Å². The van der Waals surface area contributed by atoms with E-state index in [1.54, 1.807) is 0 Å². The lowest BCUT2D eigenvalue weighted by Gasteiger charge is -2.21. The van der Waals surface area contributed by atoms with Crippen LogP contribution in [0.4, 0.5) is 0 Å². The van der Waals surface area contributed by atoms with Gasteiger partial charge in [-0.15, -0.1) is 0 Å². The summed E-state index contributed by atoms with van der Waals surface area (Å²) in [6, 6.07) is 2.01. The van der Waals surface area contributed by atoms with E-state index in [9.17, 15) is 0 Å². The number of nitrogens with one attached hydrogen (secondary N) is 1. The van der Waals surface area contributed by atoms with Crippen molar-refractivity contribution in [1.82, 2.24) is 15.1 Å². The van der Waals surface area contributed by atoms with Crippen LogP contribution < -0.4 is 5.32 Å². The molecule has 3 heteroatoms. The quantitative estimate of drug-likeness (QED) is 0.805. The summed E-state index contributed by atoms with van der Waals surface area (Å²) in [4.78, 5) is 0. The predicted octanol–water partition coefficient (Wildman–Crippen LogP) is 2.74. The minimum atomic E-state index is 0.612. The van der Waals surface area contributed by atoms with Crippen molar-refractivity contribution >= 4 is 0 Å². The molecule has 3 aliphatic rings. The fourth-order valence-corrected chi connectivity index (χ4v) is 3.88. The number of fused-ring (bicyclic) bond motifs is 4. The average molecular weight is 231 g/mol. The van der Waals surface area contributed by atoms with Crippen molar-refractivity contribution in [3.63, 3.8) is 0 Å². The number of aromatic nitrogens is 2. The van der Waals surface area contributed by atoms with Crippen LogP contribution in [-0.4, -0.2) is 15.8 Å². The molecule has 0 amide bonds. The Labute approximate surface area is 103 Å². The molecule has 92 valence electrons. The third-order valence-corrected chi connectivity index (χ3v) is 4.85. The minimum Gasteiger partial charge on any atom is -0.307 e. The van der Waals surface area contributed by atoms with E-state index in [-0.39, 0.29) is 0 Å². The van der Waals surface area contributed by atoms with Crippen LogP contribution >= 0.6 is 0 Å². The standard InChI is InChI=1S/C14H21N3/c1-2-4-11(5-3-1)17-9-12-13-7-6-10(15-13)8-14(12)16-17/h9-11,13,15H,1-8H2/t10-,13-/m0/s1. The molecule has 1 aromatic heterocycles. The van der Waals surface area contributed by atoms with Crippen molar-refractivity contribution in [3.05, 3.63) is 17.5 Å². The molecule has 1 saturated carbocycles. The fraction of sp³-hybridized carbons (Fsp3) is 0.786. The molecule has 0 spiro atoms. The van der Waals surface area contributed by atoms with Crippen LogP contribution in [0.15, 0.2) is 6.20 Å². The first kappa shape index (κ1) is 10.1. The highest BCUT2D eigenvalue weighted by atomic mass is 15.3. The average Bonchev–Trinajstić information content (AvgIpc) is 2.97. The molecule has 17 heavy (non-hydrogen) atoms. The SMILES string of the molecule is c1c2c(nn1C1CCCCC1)C[C@@H]1CC[C@@H]2N1. The number of hydrogen-bond donors (Lipinski definition) is 1. The number of nitrogens with zero attached hydrogens (tertiary/aromatic N) is 2. The van der Waals surface area contributed by atoms with Gasteiger partial charge in [-0.05, 0) is 25.7 Å². The largest absolute Gasteiger partial charge is 0.307 e. The van der Waals surface area contributed by atoms with Crippen LogP contribution in [0.1, 0.15) is 68.3 Å². The lowest BCUT2D eigenvalue weighted by atomic mass is 9.96. The third kappa shape index (κ3) is 1.63. The molecule has 3 heterocycles. The Balaban J connectivity index is 1.64. The first-order valence-corrected chi connectivity index (χ1v) is 7.24. The Bertz CT molecular complexity index is 417. The summed E-state index contributed by atoms with van der Waals surface area (Å²) < 4.78 is 2.30. The van der Waals surface area contributed by atoms with Gasteiger partial charge in [-0.3, -0.25) is 4.68 Å². The molecular weight excluding hydrogens is 210 g/mol. The van der Waals surface area contributed by atoms with E-state index in [1.165, 1.54) is 56.2 Å². The molecule has 0 aromatic carbocycles. The van der Waals surface area contributed by atoms with Gasteiger partial charge in [-0.25, -0.2) is 0 Å². The van der Waals surface area contributed by atoms with Crippen LogP contribution in [0, 0.1) is 0 Å². The second-order valence-corrected chi connectivity index (χ2v) is 6.00. The smallest absolute Gasteiger partial charge is 0.0688 e. The van der Waals surface area contributed by atoms with Crippen LogP contribution in [0.5, 0.6) is 0 Å². The molecule has 1 aromatic rings. The van der Waals surface area contributed by atoms with Gasteiger partial charge in [-0.1, -0.05) is 19.3 Å². The number of hydrogen-bond acceptors (Lipinski definition) is 2. The lowest BCUT2D eigenvalue weighted by Crippen LogP contribution is -2.31. The van der Waals surface area contributed by atoms with Crippen molar-refractivity contribution < 1.29 is 0 Å². The Morgan fingerprint density at radius 3 is 2.88 bits per heavy atom. The second kappa shape index (κ2) is 3.84. The molecule has 1 saturated heterocycles. The van der Waals surface area contributed by atoms with Gasteiger partial charge in [0, 0.05) is 30.3 Å². The minimum absolute atomic E-state index is 0.612. The van der Waals surface area contributed by atoms with Crippen LogP contribution in [0.3, 0.4) is 0 Å². The van der Waals surface area contributed by atoms with Crippen LogP contribution in [-0.2, 0) is 6.42 Å². The van der Waals surface area contributed by atoms with Gasteiger partial charge >= 0.3 is 0 Å². The van der Waals surface area contributed by atoms with E-state index < -0.39 is 0 Å². The monoisotopic (exact) mass is 231 g/mol. The van der Waals surface area contributed by atoms with Crippen LogP contribution in [0.2, 0.25) is 0 Å². The van der Waals surface area contributed by atoms with Crippen molar-refractivity contribution in [2.24, 2.45) is 0 Å². The first-order valence-electron chi connectivity index (χ1n) is 7.24. The molecule has 3 nitrogen and oxygen atoms in total. The number of rotatable bonds is 1. The summed E-state index contributed by atoms with van der Waals surface area (Å²) in [5.41, 5.74) is 2.89. The van der Waals surface area contributed by atoms with Gasteiger partial charge in [-0.2, -0.15) is 5.10 Å². The maximum Gasteiger partial charge on any atom is 0.0688 e. The summed E-state index contributed by atoms with van der Waals surface area (Å²) in [5.74, 6) is 0. The molecule has 0 radical (unpaired) electrons. The van der Waals surface area contributed by atoms with Crippen molar-refractivity contribution in [3.8, 4) is 0 Å². The molecule has 2 bridgehead atoms. The van der Waals surface area contributed by atoms with Gasteiger partial charge in [0.15, 0.2) is 0 Å². The molecule has 1 N–H and O–H groups in total. The summed E-state index contributed by atoms with van der Waals surface area (Å²) in [6.45, 7) is 0. The zero-order chi connectivity index (χ0) is 11.2. The Morgan fingerprint density at radius 1 is 1.12 bits per heavy atom. The zero-order valence-corrected chi connectivity index (χ0v) is 10.4. The van der Waals surface area contributed by atoms with E-state index in [0.29, 0.717) is 18.1 Å². The topological polar surface area (TPSA) is 29.9 Å². The van der Waals surface area contributed by atoms with E-state index >= 15 is 0 Å². The zero-order valence-electron chi connectivity index (χ0n) is 10.4. The van der Waals surface area contributed by atoms with Gasteiger partial charge in [0.1, 0.15) is 0 Å². The van der Waals surface area contributed by atoms with E-state index in [0.717, 1.165) is 6.42 Å². The summed E-state index contributed by atoms with van der Waals surface area (Å²) in [5, 5.41) is 8.60. The summed E-state index contributed by atoms with van der Waals surface area (Å²) >= 11 is 0. The van der Waals surface area contributed by atoms with E-state index in [2.05, 4.69) is 16.2 Å². The van der Waals surface area contributed by atoms with Crippen molar-refractivity contribution in [2.45, 2.75) is 69.5 Å². The molecule has 2 aliphatic heterocycles. The molecular formula is C14H21N3. The molecule has 1 aliphatic carbocycles. The second-order valence-electron chi connectivity index (χ2n) is 6.00. The highest BCUT2D eigenvalue weighted by Gasteiger charge is 2.34. The first-order chi connectivity index (χ1) is 8.40. The molecule has 2 atom stereocenters. The lowest BCUT2D eigenvalue weighted by molar-refractivity contribution is 0.327. The van der Waals surface area contributed by atoms with Crippen molar-refractivity contribution in [2.75, 3.05) is 0 Å². The summed E-state index contributed by atoms with van der Waals surface area (Å²) in [6.07, 6.45) is 13.0. The predicted molar refractivity (Wildman–Crippen MR) is 67.0 cm³/mol. The Morgan fingerprint density at radius 2 is 2.00 bits per heavy atom. The fourth-order valence-electron chi connectivity index (χ4n) is 3.88. The van der Waals surface area contributed by atoms with Gasteiger partial charge in [0.05, 0.1) is 11.7 Å².